The highest BCUT2D eigenvalue weighted by atomic mass is 32.1. The lowest BCUT2D eigenvalue weighted by Crippen LogP contribution is -2.60. The monoisotopic (exact) mass is 271 g/mol. The smallest absolute Gasteiger partial charge is 0.282 e. The maximum atomic E-state index is 14.6. The van der Waals surface area contributed by atoms with Crippen LogP contribution in [0.4, 0.5) is 9.39 Å². The van der Waals surface area contributed by atoms with E-state index in [4.69, 9.17) is 10.6 Å². The number of nitrogens with zero attached hydrogens (tertiary/aromatic N) is 1. The number of hydroxylamine groups is 2. The van der Waals surface area contributed by atoms with E-state index in [-0.39, 0.29) is 19.4 Å². The average molecular weight is 271 g/mol. The summed E-state index contributed by atoms with van der Waals surface area (Å²) >= 11 is 1.30. The Balaban J connectivity index is 1.85. The second kappa shape index (κ2) is 3.66. The average Bonchev–Trinajstić information content (AvgIpc) is 2.88. The van der Waals surface area contributed by atoms with E-state index < -0.39 is 17.6 Å². The Bertz CT molecular complexity index is 546. The molecule has 18 heavy (non-hydrogen) atoms. The molecule has 6 nitrogen and oxygen atoms in total. The van der Waals surface area contributed by atoms with E-state index in [9.17, 15) is 14.0 Å². The van der Waals surface area contributed by atoms with E-state index in [1.165, 1.54) is 11.3 Å². The van der Waals surface area contributed by atoms with Gasteiger partial charge in [-0.2, -0.15) is 0 Å². The van der Waals surface area contributed by atoms with Gasteiger partial charge in [0.1, 0.15) is 0 Å². The number of anilines is 1. The van der Waals surface area contributed by atoms with Crippen molar-refractivity contribution in [1.29, 1.82) is 0 Å². The van der Waals surface area contributed by atoms with Crippen molar-refractivity contribution < 1.29 is 18.8 Å². The zero-order chi connectivity index (χ0) is 12.9. The van der Waals surface area contributed by atoms with Gasteiger partial charge in [-0.15, -0.1) is 11.3 Å². The Morgan fingerprint density at radius 2 is 2.33 bits per heavy atom. The van der Waals surface area contributed by atoms with Gasteiger partial charge in [-0.3, -0.25) is 14.9 Å². The summed E-state index contributed by atoms with van der Waals surface area (Å²) in [6.45, 7) is 0.1000. The molecular weight excluding hydrogens is 261 g/mol. The molecule has 0 aliphatic carbocycles. The molecule has 3 rings (SSSR count). The van der Waals surface area contributed by atoms with Crippen molar-refractivity contribution in [2.45, 2.75) is 25.2 Å². The molecular formula is C10H10FN3O3S. The van der Waals surface area contributed by atoms with E-state index in [0.29, 0.717) is 16.3 Å². The standard InChI is InChI=1S/C10H10FN3O3S/c11-10(2-1-7(15)13-9(10)16)14-3-5-6(17-14)4-18-8(5)12/h4H,1-3,12H2,(H,13,15,16)/t10-/m1/s1. The number of alkyl halides is 1. The van der Waals surface area contributed by atoms with Crippen molar-refractivity contribution in [2.75, 3.05) is 5.73 Å². The summed E-state index contributed by atoms with van der Waals surface area (Å²) in [5, 5.41) is 5.14. The zero-order valence-corrected chi connectivity index (χ0v) is 10.1. The Morgan fingerprint density at radius 1 is 1.56 bits per heavy atom. The lowest BCUT2D eigenvalue weighted by atomic mass is 10.0. The third-order valence-corrected chi connectivity index (χ3v) is 3.91. The second-order valence-electron chi connectivity index (χ2n) is 4.21. The van der Waals surface area contributed by atoms with Crippen LogP contribution in [0.25, 0.3) is 0 Å². The molecule has 1 atom stereocenters. The van der Waals surface area contributed by atoms with E-state index in [2.05, 4.69) is 0 Å². The van der Waals surface area contributed by atoms with Gasteiger partial charge in [0.05, 0.1) is 11.5 Å². The summed E-state index contributed by atoms with van der Waals surface area (Å²) in [6.07, 6.45) is -0.268. The molecule has 0 bridgehead atoms. The van der Waals surface area contributed by atoms with Gasteiger partial charge in [0.15, 0.2) is 5.75 Å². The van der Waals surface area contributed by atoms with Crippen LogP contribution < -0.4 is 15.9 Å². The number of hydrogen-bond donors (Lipinski definition) is 2. The number of nitrogens with two attached hydrogens (primary N) is 1. The van der Waals surface area contributed by atoms with Crippen molar-refractivity contribution in [3.05, 3.63) is 10.9 Å². The first-order valence-corrected chi connectivity index (χ1v) is 6.23. The fourth-order valence-corrected chi connectivity index (χ4v) is 2.75. The maximum Gasteiger partial charge on any atom is 0.282 e. The number of piperidine rings is 1. The first-order valence-electron chi connectivity index (χ1n) is 5.35. The predicted octanol–water partition coefficient (Wildman–Crippen LogP) is 0.542. The summed E-state index contributed by atoms with van der Waals surface area (Å²) in [5.74, 6) is -3.30. The van der Waals surface area contributed by atoms with Gasteiger partial charge in [-0.1, -0.05) is 5.06 Å². The first kappa shape index (κ1) is 11.4. The van der Waals surface area contributed by atoms with Crippen LogP contribution in [0.5, 0.6) is 5.75 Å². The van der Waals surface area contributed by atoms with Crippen LogP contribution in [-0.4, -0.2) is 22.7 Å². The summed E-state index contributed by atoms with van der Waals surface area (Å²) in [7, 11) is 0. The Labute approximate surface area is 105 Å². The quantitative estimate of drug-likeness (QED) is 0.575. The zero-order valence-electron chi connectivity index (χ0n) is 9.23. The highest BCUT2D eigenvalue weighted by Gasteiger charge is 2.52. The van der Waals surface area contributed by atoms with Crippen LogP contribution in [0, 0.1) is 0 Å². The third kappa shape index (κ3) is 1.49. The first-order chi connectivity index (χ1) is 8.50. The van der Waals surface area contributed by atoms with Gasteiger partial charge in [0, 0.05) is 23.8 Å². The normalized spacial score (nSPS) is 27.8. The molecule has 2 amide bonds. The number of imide groups is 1. The van der Waals surface area contributed by atoms with E-state index in [0.717, 1.165) is 5.06 Å². The molecule has 0 spiro atoms. The van der Waals surface area contributed by atoms with Crippen LogP contribution in [0.15, 0.2) is 5.38 Å². The molecule has 1 aromatic rings. The molecule has 1 aromatic heterocycles. The van der Waals surface area contributed by atoms with Gasteiger partial charge in [-0.25, -0.2) is 4.39 Å². The largest absolute Gasteiger partial charge is 0.401 e. The highest BCUT2D eigenvalue weighted by Crippen LogP contribution is 2.42. The Kier molecular flexibility index (Phi) is 2.32. The molecule has 3 N–H and O–H groups in total. The van der Waals surface area contributed by atoms with Crippen molar-refractivity contribution in [3.63, 3.8) is 0 Å². The SMILES string of the molecule is Nc1scc2c1CN([C@]1(F)CCC(=O)NC1=O)O2. The molecule has 3 heterocycles. The van der Waals surface area contributed by atoms with Gasteiger partial charge >= 0.3 is 0 Å². The molecule has 2 aliphatic rings. The highest BCUT2D eigenvalue weighted by molar-refractivity contribution is 7.14. The van der Waals surface area contributed by atoms with E-state index in [1.54, 1.807) is 5.38 Å². The van der Waals surface area contributed by atoms with Crippen LogP contribution in [0.1, 0.15) is 18.4 Å². The lowest BCUT2D eigenvalue weighted by molar-refractivity contribution is -0.208. The number of carbonyl (C=O) groups excluding carboxylic acids is 2. The molecule has 1 saturated heterocycles. The van der Waals surface area contributed by atoms with Gasteiger partial charge in [0.2, 0.25) is 5.91 Å². The number of hydrogen-bond acceptors (Lipinski definition) is 6. The Hall–Kier alpha value is -1.67. The van der Waals surface area contributed by atoms with Crippen molar-refractivity contribution in [2.24, 2.45) is 0 Å². The number of nitrogen functional groups attached to an aromatic ring is 1. The number of nitrogens with one attached hydrogen (secondary N) is 1. The van der Waals surface area contributed by atoms with Crippen molar-refractivity contribution >= 4 is 28.2 Å². The number of halogens is 1. The summed E-state index contributed by atoms with van der Waals surface area (Å²) in [5.41, 5.74) is 6.40. The van der Waals surface area contributed by atoms with Crippen LogP contribution in [0.2, 0.25) is 0 Å². The molecule has 0 radical (unpaired) electrons. The summed E-state index contributed by atoms with van der Waals surface area (Å²) in [6, 6.07) is 0. The van der Waals surface area contributed by atoms with Crippen LogP contribution in [-0.2, 0) is 16.1 Å². The summed E-state index contributed by atoms with van der Waals surface area (Å²) in [4.78, 5) is 27.9. The minimum Gasteiger partial charge on any atom is -0.401 e. The number of amides is 2. The molecule has 1 fully saturated rings. The number of thiophene rings is 1. The van der Waals surface area contributed by atoms with Crippen molar-refractivity contribution in [1.82, 2.24) is 10.4 Å². The molecule has 0 aromatic carbocycles. The predicted molar refractivity (Wildman–Crippen MR) is 61.1 cm³/mol. The molecule has 0 unspecified atom stereocenters. The Morgan fingerprint density at radius 3 is 3.00 bits per heavy atom. The third-order valence-electron chi connectivity index (χ3n) is 3.08. The van der Waals surface area contributed by atoms with Crippen LogP contribution in [0.3, 0.4) is 0 Å². The topological polar surface area (TPSA) is 84.7 Å². The van der Waals surface area contributed by atoms with Gasteiger partial charge < -0.3 is 10.6 Å². The number of fused-ring (bicyclic) bond motifs is 1. The fourth-order valence-electron chi connectivity index (χ4n) is 2.02. The molecule has 2 aliphatic heterocycles. The molecule has 8 heteroatoms. The molecule has 96 valence electrons. The van der Waals surface area contributed by atoms with Gasteiger partial charge in [0.25, 0.3) is 11.7 Å². The van der Waals surface area contributed by atoms with Crippen molar-refractivity contribution in [3.8, 4) is 5.75 Å². The van der Waals surface area contributed by atoms with Gasteiger partial charge in [-0.05, 0) is 0 Å². The minimum absolute atomic E-state index is 0.0512. The summed E-state index contributed by atoms with van der Waals surface area (Å²) < 4.78 is 14.6. The molecule has 0 saturated carbocycles. The maximum absolute atomic E-state index is 14.6. The van der Waals surface area contributed by atoms with E-state index in [1.807, 2.05) is 5.32 Å². The number of carbonyl (C=O) groups is 2. The van der Waals surface area contributed by atoms with Crippen LogP contribution >= 0.6 is 11.3 Å². The van der Waals surface area contributed by atoms with E-state index >= 15 is 0 Å². The number of rotatable bonds is 1. The fraction of sp³-hybridized carbons (Fsp3) is 0.400. The minimum atomic E-state index is -2.32. The second-order valence-corrected chi connectivity index (χ2v) is 5.12. The lowest BCUT2D eigenvalue weighted by Gasteiger charge is -2.33.